The minimum atomic E-state index is -0.957. The Bertz CT molecular complexity index is 501. The molecule has 0 spiro atoms. The van der Waals surface area contributed by atoms with Crippen LogP contribution in [0, 0.1) is 18.7 Å². The van der Waals surface area contributed by atoms with Gasteiger partial charge in [0.1, 0.15) is 5.82 Å². The second kappa shape index (κ2) is 4.76. The topological polar surface area (TPSA) is 57.6 Å². The Morgan fingerprint density at radius 2 is 2.28 bits per heavy atom. The highest BCUT2D eigenvalue weighted by Gasteiger charge is 2.34. The van der Waals surface area contributed by atoms with Gasteiger partial charge in [-0.05, 0) is 30.2 Å². The predicted octanol–water partition coefficient (Wildman–Crippen LogP) is 1.57. The van der Waals surface area contributed by atoms with Crippen LogP contribution in [-0.2, 0) is 16.1 Å². The summed E-state index contributed by atoms with van der Waals surface area (Å²) in [4.78, 5) is 24.0. The lowest BCUT2D eigenvalue weighted by Crippen LogP contribution is -2.26. The number of rotatable bonds is 3. The van der Waals surface area contributed by atoms with Crippen molar-refractivity contribution >= 4 is 11.9 Å². The normalized spacial score (nSPS) is 19.3. The van der Waals surface area contributed by atoms with Gasteiger partial charge in [-0.25, -0.2) is 4.39 Å². The molecule has 0 saturated carbocycles. The number of nitrogens with zero attached hydrogens (tertiary/aromatic N) is 1. The lowest BCUT2D eigenvalue weighted by atomic mass is 10.1. The fourth-order valence-electron chi connectivity index (χ4n) is 2.11. The van der Waals surface area contributed by atoms with Crippen molar-refractivity contribution in [1.82, 2.24) is 4.90 Å². The van der Waals surface area contributed by atoms with E-state index in [9.17, 15) is 14.0 Å². The van der Waals surface area contributed by atoms with Crippen molar-refractivity contribution in [2.75, 3.05) is 6.54 Å². The molecular formula is C13H14FNO3. The first-order valence-electron chi connectivity index (χ1n) is 5.73. The van der Waals surface area contributed by atoms with E-state index in [1.807, 2.05) is 6.92 Å². The summed E-state index contributed by atoms with van der Waals surface area (Å²) in [6.45, 7) is 2.31. The van der Waals surface area contributed by atoms with Crippen LogP contribution in [0.4, 0.5) is 4.39 Å². The molecule has 1 aliphatic rings. The van der Waals surface area contributed by atoms with E-state index in [0.717, 1.165) is 11.1 Å². The zero-order chi connectivity index (χ0) is 13.3. The summed E-state index contributed by atoms with van der Waals surface area (Å²) >= 11 is 0. The van der Waals surface area contributed by atoms with Crippen LogP contribution in [0.3, 0.4) is 0 Å². The van der Waals surface area contributed by atoms with Crippen LogP contribution in [0.5, 0.6) is 0 Å². The molecule has 96 valence electrons. The molecule has 5 heteroatoms. The number of likely N-dealkylation sites (tertiary alicyclic amines) is 1. The summed E-state index contributed by atoms with van der Waals surface area (Å²) in [6, 6.07) is 4.40. The summed E-state index contributed by atoms with van der Waals surface area (Å²) in [5, 5.41) is 8.87. The van der Waals surface area contributed by atoms with Crippen molar-refractivity contribution in [2.45, 2.75) is 19.9 Å². The number of amides is 1. The van der Waals surface area contributed by atoms with Gasteiger partial charge in [-0.2, -0.15) is 0 Å². The van der Waals surface area contributed by atoms with Gasteiger partial charge in [0.15, 0.2) is 0 Å². The zero-order valence-corrected chi connectivity index (χ0v) is 10.0. The van der Waals surface area contributed by atoms with Crippen molar-refractivity contribution in [3.05, 3.63) is 35.1 Å². The largest absolute Gasteiger partial charge is 0.481 e. The minimum Gasteiger partial charge on any atom is -0.481 e. The van der Waals surface area contributed by atoms with Crippen molar-refractivity contribution in [2.24, 2.45) is 5.92 Å². The Hall–Kier alpha value is -1.91. The lowest BCUT2D eigenvalue weighted by Gasteiger charge is -2.17. The number of aliphatic carboxylic acids is 1. The maximum Gasteiger partial charge on any atom is 0.308 e. The summed E-state index contributed by atoms with van der Waals surface area (Å²) < 4.78 is 13.1. The molecule has 1 unspecified atom stereocenters. The van der Waals surface area contributed by atoms with Crippen molar-refractivity contribution in [3.8, 4) is 0 Å². The van der Waals surface area contributed by atoms with Crippen molar-refractivity contribution in [1.29, 1.82) is 0 Å². The van der Waals surface area contributed by atoms with E-state index in [1.165, 1.54) is 17.0 Å². The van der Waals surface area contributed by atoms with Gasteiger partial charge in [0.25, 0.3) is 0 Å². The molecule has 2 rings (SSSR count). The average molecular weight is 251 g/mol. The smallest absolute Gasteiger partial charge is 0.308 e. The fraction of sp³-hybridized carbons (Fsp3) is 0.385. The number of benzene rings is 1. The number of carboxylic acid groups (broad SMARTS) is 1. The third kappa shape index (κ3) is 2.50. The maximum absolute atomic E-state index is 13.1. The van der Waals surface area contributed by atoms with E-state index in [4.69, 9.17) is 5.11 Å². The molecule has 1 heterocycles. The van der Waals surface area contributed by atoms with Crippen LogP contribution in [0.2, 0.25) is 0 Å². The SMILES string of the molecule is Cc1ccc(F)cc1CN1CC(C(=O)O)CC1=O. The van der Waals surface area contributed by atoms with E-state index in [2.05, 4.69) is 0 Å². The number of carbonyl (C=O) groups excluding carboxylic acids is 1. The minimum absolute atomic E-state index is 0.0314. The van der Waals surface area contributed by atoms with Gasteiger partial charge in [-0.3, -0.25) is 9.59 Å². The van der Waals surface area contributed by atoms with E-state index in [1.54, 1.807) is 6.07 Å². The molecule has 18 heavy (non-hydrogen) atoms. The second-order valence-corrected chi connectivity index (χ2v) is 4.58. The van der Waals surface area contributed by atoms with Crippen LogP contribution in [0.1, 0.15) is 17.5 Å². The van der Waals surface area contributed by atoms with E-state index < -0.39 is 11.9 Å². The first kappa shape index (κ1) is 12.5. The molecule has 0 aliphatic carbocycles. The summed E-state index contributed by atoms with van der Waals surface area (Å²) in [5.41, 5.74) is 1.61. The highest BCUT2D eigenvalue weighted by molar-refractivity contribution is 5.86. The van der Waals surface area contributed by atoms with Gasteiger partial charge in [0, 0.05) is 19.5 Å². The van der Waals surface area contributed by atoms with Crippen LogP contribution < -0.4 is 0 Å². The van der Waals surface area contributed by atoms with Gasteiger partial charge in [0.2, 0.25) is 5.91 Å². The standard InChI is InChI=1S/C13H14FNO3/c1-8-2-3-11(14)4-9(8)6-15-7-10(13(17)18)5-12(15)16/h2-4,10H,5-7H2,1H3,(H,17,18). The average Bonchev–Trinajstić information content (AvgIpc) is 2.66. The third-order valence-corrected chi connectivity index (χ3v) is 3.24. The third-order valence-electron chi connectivity index (χ3n) is 3.24. The number of carboxylic acids is 1. The maximum atomic E-state index is 13.1. The van der Waals surface area contributed by atoms with Crippen LogP contribution in [0.25, 0.3) is 0 Å². The molecule has 1 aromatic carbocycles. The molecule has 1 aromatic rings. The zero-order valence-electron chi connectivity index (χ0n) is 10.0. The predicted molar refractivity (Wildman–Crippen MR) is 62.3 cm³/mol. The number of halogens is 1. The van der Waals surface area contributed by atoms with E-state index >= 15 is 0 Å². The molecule has 1 amide bonds. The van der Waals surface area contributed by atoms with Gasteiger partial charge in [-0.15, -0.1) is 0 Å². The first-order chi connectivity index (χ1) is 8.47. The quantitative estimate of drug-likeness (QED) is 0.887. The molecule has 0 bridgehead atoms. The fourth-order valence-corrected chi connectivity index (χ4v) is 2.11. The molecule has 0 radical (unpaired) electrons. The van der Waals surface area contributed by atoms with E-state index in [0.29, 0.717) is 0 Å². The van der Waals surface area contributed by atoms with Gasteiger partial charge >= 0.3 is 5.97 Å². The lowest BCUT2D eigenvalue weighted by molar-refractivity contribution is -0.141. The number of carbonyl (C=O) groups is 2. The Labute approximate surface area is 104 Å². The Kier molecular flexibility index (Phi) is 3.32. The molecule has 1 N–H and O–H groups in total. The van der Waals surface area contributed by atoms with Crippen molar-refractivity contribution < 1.29 is 19.1 Å². The Morgan fingerprint density at radius 3 is 2.89 bits per heavy atom. The number of hydrogen-bond donors (Lipinski definition) is 1. The molecule has 1 atom stereocenters. The molecule has 1 fully saturated rings. The first-order valence-corrected chi connectivity index (χ1v) is 5.73. The van der Waals surface area contributed by atoms with Gasteiger partial charge in [-0.1, -0.05) is 6.07 Å². The van der Waals surface area contributed by atoms with E-state index in [-0.39, 0.29) is 31.2 Å². The van der Waals surface area contributed by atoms with Gasteiger partial charge < -0.3 is 10.0 Å². The van der Waals surface area contributed by atoms with Crippen LogP contribution in [0.15, 0.2) is 18.2 Å². The van der Waals surface area contributed by atoms with Gasteiger partial charge in [0.05, 0.1) is 5.92 Å². The summed E-state index contributed by atoms with van der Waals surface area (Å²) in [5.74, 6) is -2.14. The highest BCUT2D eigenvalue weighted by atomic mass is 19.1. The van der Waals surface area contributed by atoms with Crippen molar-refractivity contribution in [3.63, 3.8) is 0 Å². The number of aryl methyl sites for hydroxylation is 1. The molecule has 4 nitrogen and oxygen atoms in total. The molecule has 1 saturated heterocycles. The molecular weight excluding hydrogens is 237 g/mol. The Morgan fingerprint density at radius 1 is 1.56 bits per heavy atom. The molecule has 0 aromatic heterocycles. The number of hydrogen-bond acceptors (Lipinski definition) is 2. The van der Waals surface area contributed by atoms with Crippen LogP contribution >= 0.6 is 0 Å². The molecule has 1 aliphatic heterocycles. The summed E-state index contributed by atoms with van der Waals surface area (Å²) in [6.07, 6.45) is 0.0314. The summed E-state index contributed by atoms with van der Waals surface area (Å²) in [7, 11) is 0. The Balaban J connectivity index is 2.12. The second-order valence-electron chi connectivity index (χ2n) is 4.58. The van der Waals surface area contributed by atoms with Crippen LogP contribution in [-0.4, -0.2) is 28.4 Å². The highest BCUT2D eigenvalue weighted by Crippen LogP contribution is 2.21. The monoisotopic (exact) mass is 251 g/mol.